The van der Waals surface area contributed by atoms with E-state index in [4.69, 9.17) is 25.6 Å². The molecule has 202 valence electrons. The minimum atomic E-state index is -1.00. The molecule has 0 aliphatic carbocycles. The van der Waals surface area contributed by atoms with Crippen molar-refractivity contribution < 1.29 is 33.5 Å². The lowest BCUT2D eigenvalue weighted by molar-refractivity contribution is -0.152. The van der Waals surface area contributed by atoms with E-state index in [1.807, 2.05) is 0 Å². The van der Waals surface area contributed by atoms with E-state index < -0.39 is 35.2 Å². The van der Waals surface area contributed by atoms with Crippen LogP contribution >= 0.6 is 23.1 Å². The van der Waals surface area contributed by atoms with E-state index >= 15 is 0 Å². The lowest BCUT2D eigenvalue weighted by Gasteiger charge is -2.49. The predicted octanol–water partition coefficient (Wildman–Crippen LogP) is 1.09. The van der Waals surface area contributed by atoms with Crippen LogP contribution in [0.5, 0.6) is 0 Å². The van der Waals surface area contributed by atoms with Crippen LogP contribution in [0.4, 0.5) is 5.13 Å². The van der Waals surface area contributed by atoms with Crippen molar-refractivity contribution in [2.75, 3.05) is 38.4 Å². The summed E-state index contributed by atoms with van der Waals surface area (Å²) in [5.41, 5.74) is 14.8. The minimum Gasteiger partial charge on any atom is -0.463 e. The number of nitrogens with one attached hydrogen (secondary N) is 1. The Bertz CT molecular complexity index is 1270. The molecule has 2 aliphatic rings. The van der Waals surface area contributed by atoms with E-state index in [-0.39, 0.29) is 53.3 Å². The second-order valence-corrected chi connectivity index (χ2v) is 9.50. The minimum absolute atomic E-state index is 0.103. The van der Waals surface area contributed by atoms with Crippen LogP contribution in [0.3, 0.4) is 0 Å². The number of hydrogen-bond acceptors (Lipinski definition) is 13. The summed E-state index contributed by atoms with van der Waals surface area (Å²) >= 11 is 2.37. The maximum atomic E-state index is 13.1. The fourth-order valence-corrected chi connectivity index (χ4v) is 5.39. The summed E-state index contributed by atoms with van der Waals surface area (Å²) in [6, 6.07) is -1.00. The Kier molecular flexibility index (Phi) is 9.70. The molecule has 15 nitrogen and oxygen atoms in total. The standard InChI is InChI=1S/C21H24N8O7S2/c1-4-10(19(32)35-5-2)7-36-20(33)15-11(6-24-28-23)8-37-18-14(17(31)29(15)18)26-16(30)13(27-34-3)12-9-38-21(22)25-12/h4,9,14,18H,5-8H2,1-3H3,(H2,22,25)(H,26,30)/b10-4+,27-13-/t14-,18-/m1/s1. The van der Waals surface area contributed by atoms with E-state index in [0.717, 1.165) is 11.3 Å². The Morgan fingerprint density at radius 1 is 1.39 bits per heavy atom. The van der Waals surface area contributed by atoms with Gasteiger partial charge in [-0.25, -0.2) is 14.6 Å². The summed E-state index contributed by atoms with van der Waals surface area (Å²) in [5, 5.41) is 10.9. The van der Waals surface area contributed by atoms with E-state index in [1.165, 1.54) is 35.2 Å². The molecule has 2 aliphatic heterocycles. The number of aromatic nitrogens is 1. The third kappa shape index (κ3) is 6.07. The van der Waals surface area contributed by atoms with Gasteiger partial charge >= 0.3 is 11.9 Å². The molecule has 17 heteroatoms. The zero-order chi connectivity index (χ0) is 27.8. The number of nitrogen functional groups attached to an aromatic ring is 1. The first kappa shape index (κ1) is 28.5. The zero-order valence-electron chi connectivity index (χ0n) is 20.6. The molecule has 0 saturated carbocycles. The van der Waals surface area contributed by atoms with Crippen molar-refractivity contribution in [3.05, 3.63) is 44.4 Å². The number of esters is 2. The van der Waals surface area contributed by atoms with Crippen molar-refractivity contribution in [3.8, 4) is 0 Å². The van der Waals surface area contributed by atoms with Gasteiger partial charge in [0.2, 0.25) is 0 Å². The Balaban J connectivity index is 1.79. The van der Waals surface area contributed by atoms with Crippen LogP contribution in [-0.2, 0) is 33.5 Å². The Morgan fingerprint density at radius 3 is 2.76 bits per heavy atom. The quantitative estimate of drug-likeness (QED) is 0.0570. The molecular formula is C21H24N8O7S2. The number of thioether (sulfide) groups is 1. The van der Waals surface area contributed by atoms with Gasteiger partial charge in [0.15, 0.2) is 10.8 Å². The predicted molar refractivity (Wildman–Crippen MR) is 137 cm³/mol. The molecular weight excluding hydrogens is 540 g/mol. The number of nitrogens with zero attached hydrogens (tertiary/aromatic N) is 6. The first-order valence-electron chi connectivity index (χ1n) is 11.1. The fraction of sp³-hybridized carbons (Fsp3) is 0.429. The first-order valence-corrected chi connectivity index (χ1v) is 13.0. The lowest BCUT2D eigenvalue weighted by atomic mass is 10.0. The van der Waals surface area contributed by atoms with Gasteiger partial charge in [-0.15, -0.1) is 23.1 Å². The number of azide groups is 1. The number of carbonyl (C=O) groups is 4. The Morgan fingerprint density at radius 2 is 2.16 bits per heavy atom. The molecule has 0 bridgehead atoms. The van der Waals surface area contributed by atoms with Gasteiger partial charge in [0.25, 0.3) is 11.8 Å². The highest BCUT2D eigenvalue weighted by molar-refractivity contribution is 8.00. The van der Waals surface area contributed by atoms with E-state index in [1.54, 1.807) is 13.8 Å². The summed E-state index contributed by atoms with van der Waals surface area (Å²) in [4.78, 5) is 63.8. The maximum absolute atomic E-state index is 13.1. The molecule has 2 amide bonds. The second-order valence-electron chi connectivity index (χ2n) is 7.51. The molecule has 3 heterocycles. The fourth-order valence-electron chi connectivity index (χ4n) is 3.51. The van der Waals surface area contributed by atoms with E-state index in [2.05, 4.69) is 25.5 Å². The lowest BCUT2D eigenvalue weighted by Crippen LogP contribution is -2.71. The van der Waals surface area contributed by atoms with Crippen LogP contribution in [0, 0.1) is 0 Å². The maximum Gasteiger partial charge on any atom is 0.355 e. The molecule has 1 fully saturated rings. The number of fused-ring (bicyclic) bond motifs is 1. The molecule has 1 aromatic rings. The van der Waals surface area contributed by atoms with Crippen LogP contribution in [0.15, 0.2) is 38.6 Å². The van der Waals surface area contributed by atoms with Crippen molar-refractivity contribution in [2.45, 2.75) is 25.3 Å². The van der Waals surface area contributed by atoms with Crippen molar-refractivity contribution in [1.29, 1.82) is 0 Å². The SMILES string of the molecule is C/C=C(\COC(=O)C1=C(CN=[N+]=[N-])CS[C@@H]2[C@H](NC(=O)/C(=N\OC)c3csc(N)n3)C(=O)N12)C(=O)OCC. The van der Waals surface area contributed by atoms with Gasteiger partial charge in [-0.05, 0) is 25.0 Å². The van der Waals surface area contributed by atoms with Crippen molar-refractivity contribution in [1.82, 2.24) is 15.2 Å². The number of carbonyl (C=O) groups excluding carboxylic acids is 4. The number of allylic oxidation sites excluding steroid dienone is 1. The molecule has 1 saturated heterocycles. The second kappa shape index (κ2) is 12.9. The normalized spacial score (nSPS) is 19.1. The van der Waals surface area contributed by atoms with Gasteiger partial charge in [0, 0.05) is 16.0 Å². The first-order chi connectivity index (χ1) is 18.3. The van der Waals surface area contributed by atoms with Gasteiger partial charge < -0.3 is 25.4 Å². The molecule has 2 atom stereocenters. The summed E-state index contributed by atoms with van der Waals surface area (Å²) < 4.78 is 10.2. The van der Waals surface area contributed by atoms with Crippen LogP contribution in [-0.4, -0.2) is 83.4 Å². The largest absolute Gasteiger partial charge is 0.463 e. The molecule has 0 spiro atoms. The monoisotopic (exact) mass is 564 g/mol. The highest BCUT2D eigenvalue weighted by atomic mass is 32.2. The number of amides is 2. The average Bonchev–Trinajstić information content (AvgIpc) is 3.34. The molecule has 1 aromatic heterocycles. The van der Waals surface area contributed by atoms with Gasteiger partial charge in [0.1, 0.15) is 36.5 Å². The van der Waals surface area contributed by atoms with Gasteiger partial charge in [-0.2, -0.15) is 0 Å². The molecule has 0 aromatic carbocycles. The third-order valence-corrected chi connectivity index (χ3v) is 7.27. The molecule has 0 unspecified atom stereocenters. The summed E-state index contributed by atoms with van der Waals surface area (Å²) in [6.07, 6.45) is 1.45. The molecule has 3 N–H and O–H groups in total. The van der Waals surface area contributed by atoms with Crippen LogP contribution in [0.2, 0.25) is 0 Å². The van der Waals surface area contributed by atoms with E-state index in [9.17, 15) is 19.2 Å². The number of β-lactam (4-membered cyclic amide) rings is 1. The highest BCUT2D eigenvalue weighted by Gasteiger charge is 2.54. The highest BCUT2D eigenvalue weighted by Crippen LogP contribution is 2.40. The zero-order valence-corrected chi connectivity index (χ0v) is 22.2. The number of anilines is 1. The number of oxime groups is 1. The topological polar surface area (TPSA) is 211 Å². The van der Waals surface area contributed by atoms with Gasteiger partial charge in [-0.3, -0.25) is 14.5 Å². The van der Waals surface area contributed by atoms with Gasteiger partial charge in [-0.1, -0.05) is 16.3 Å². The van der Waals surface area contributed by atoms with Crippen LogP contribution < -0.4 is 11.1 Å². The van der Waals surface area contributed by atoms with Crippen molar-refractivity contribution in [2.24, 2.45) is 10.3 Å². The summed E-state index contributed by atoms with van der Waals surface area (Å²) in [7, 11) is 1.26. The molecule has 38 heavy (non-hydrogen) atoms. The molecule has 0 radical (unpaired) electrons. The van der Waals surface area contributed by atoms with E-state index in [0.29, 0.717) is 5.57 Å². The summed E-state index contributed by atoms with van der Waals surface area (Å²) in [6.45, 7) is 2.82. The number of rotatable bonds is 11. The number of thiazole rings is 1. The Hall–Kier alpha value is -4.08. The van der Waals surface area contributed by atoms with Crippen molar-refractivity contribution >= 4 is 57.7 Å². The average molecular weight is 565 g/mol. The molecule has 3 rings (SSSR count). The van der Waals surface area contributed by atoms with Crippen molar-refractivity contribution in [3.63, 3.8) is 0 Å². The van der Waals surface area contributed by atoms with Crippen LogP contribution in [0.1, 0.15) is 19.5 Å². The number of hydrogen-bond donors (Lipinski definition) is 2. The third-order valence-electron chi connectivity index (χ3n) is 5.26. The smallest absolute Gasteiger partial charge is 0.355 e. The number of nitrogens with two attached hydrogens (primary N) is 1. The van der Waals surface area contributed by atoms with Crippen LogP contribution in [0.25, 0.3) is 10.4 Å². The Labute approximate surface area is 224 Å². The van der Waals surface area contributed by atoms with Gasteiger partial charge in [0.05, 0.1) is 18.7 Å². The number of ether oxygens (including phenoxy) is 2. The summed E-state index contributed by atoms with van der Waals surface area (Å²) in [5.74, 6) is -2.62.